The van der Waals surface area contributed by atoms with Crippen LogP contribution in [0.5, 0.6) is 0 Å². The van der Waals surface area contributed by atoms with E-state index in [-0.39, 0.29) is 11.8 Å². The first-order valence-electron chi connectivity index (χ1n) is 5.79. The van der Waals surface area contributed by atoms with Crippen LogP contribution in [0.1, 0.15) is 10.4 Å². The number of halogens is 1. The van der Waals surface area contributed by atoms with E-state index in [2.05, 4.69) is 26.6 Å². The Kier molecular flexibility index (Phi) is 2.83. The molecule has 94 valence electrons. The minimum Gasteiger partial charge on any atom is -0.324 e. The van der Waals surface area contributed by atoms with Crippen molar-refractivity contribution in [3.8, 4) is 0 Å². The molecule has 0 saturated carbocycles. The summed E-state index contributed by atoms with van der Waals surface area (Å²) in [6, 6.07) is 4.90. The highest BCUT2D eigenvalue weighted by Crippen LogP contribution is 2.26. The third-order valence-electron chi connectivity index (χ3n) is 3.28. The van der Waals surface area contributed by atoms with Crippen molar-refractivity contribution in [2.45, 2.75) is 6.04 Å². The van der Waals surface area contributed by atoms with Gasteiger partial charge >= 0.3 is 0 Å². The van der Waals surface area contributed by atoms with E-state index in [9.17, 15) is 9.59 Å². The molecule has 0 bridgehead atoms. The summed E-state index contributed by atoms with van der Waals surface area (Å²) in [6.07, 6.45) is 0. The van der Waals surface area contributed by atoms with Crippen LogP contribution in [0.4, 0.5) is 5.69 Å². The summed E-state index contributed by atoms with van der Waals surface area (Å²) in [7, 11) is 0. The maximum Gasteiger partial charge on any atom is 0.256 e. The number of carbonyl (C=O) groups is 2. The molecular weight excluding hydrogens is 298 g/mol. The molecule has 2 aliphatic rings. The van der Waals surface area contributed by atoms with Crippen LogP contribution in [0, 0.1) is 0 Å². The number of hydrogen-bond acceptors (Lipinski definition) is 3. The number of hydrogen-bond donors (Lipinski definition) is 2. The van der Waals surface area contributed by atoms with Crippen LogP contribution < -0.4 is 10.6 Å². The molecule has 2 N–H and O–H groups in total. The zero-order valence-electron chi connectivity index (χ0n) is 9.57. The van der Waals surface area contributed by atoms with Gasteiger partial charge in [-0.25, -0.2) is 0 Å². The predicted octanol–water partition coefficient (Wildman–Crippen LogP) is 0.815. The number of nitrogens with zero attached hydrogens (tertiary/aromatic N) is 1. The SMILES string of the molecule is O=C1Nc2ccc(Br)cc2C(=O)N2CCNC[C@H]12. The second-order valence-electron chi connectivity index (χ2n) is 4.40. The van der Waals surface area contributed by atoms with Crippen LogP contribution in [-0.4, -0.2) is 42.4 Å². The Balaban J connectivity index is 2.09. The van der Waals surface area contributed by atoms with Gasteiger partial charge in [-0.2, -0.15) is 0 Å². The zero-order valence-corrected chi connectivity index (χ0v) is 11.2. The van der Waals surface area contributed by atoms with Gasteiger partial charge < -0.3 is 15.5 Å². The molecule has 5 nitrogen and oxygen atoms in total. The molecular formula is C12H12BrN3O2. The van der Waals surface area contributed by atoms with Crippen LogP contribution in [0.3, 0.4) is 0 Å². The molecule has 0 radical (unpaired) electrons. The third-order valence-corrected chi connectivity index (χ3v) is 3.77. The van der Waals surface area contributed by atoms with Gasteiger partial charge in [0.25, 0.3) is 5.91 Å². The summed E-state index contributed by atoms with van der Waals surface area (Å²) in [5, 5.41) is 5.95. The first-order chi connectivity index (χ1) is 8.66. The highest BCUT2D eigenvalue weighted by molar-refractivity contribution is 9.10. The van der Waals surface area contributed by atoms with E-state index in [1.54, 1.807) is 17.0 Å². The average Bonchev–Trinajstić information content (AvgIpc) is 2.48. The Hall–Kier alpha value is -1.40. The van der Waals surface area contributed by atoms with Crippen LogP contribution in [0.2, 0.25) is 0 Å². The van der Waals surface area contributed by atoms with E-state index in [1.165, 1.54) is 0 Å². The quantitative estimate of drug-likeness (QED) is 0.746. The third kappa shape index (κ3) is 1.81. The second-order valence-corrected chi connectivity index (χ2v) is 5.31. The van der Waals surface area contributed by atoms with Gasteiger partial charge in [-0.3, -0.25) is 9.59 Å². The fraction of sp³-hybridized carbons (Fsp3) is 0.333. The van der Waals surface area contributed by atoms with Gasteiger partial charge in [0, 0.05) is 24.1 Å². The first kappa shape index (κ1) is 11.7. The molecule has 6 heteroatoms. The lowest BCUT2D eigenvalue weighted by Gasteiger charge is -2.33. The summed E-state index contributed by atoms with van der Waals surface area (Å²) < 4.78 is 0.831. The van der Waals surface area contributed by atoms with Gasteiger partial charge in [0.1, 0.15) is 6.04 Å². The van der Waals surface area contributed by atoms with Gasteiger partial charge in [-0.05, 0) is 18.2 Å². The Morgan fingerprint density at radius 1 is 1.33 bits per heavy atom. The second kappa shape index (κ2) is 4.37. The molecule has 2 aliphatic heterocycles. The van der Waals surface area contributed by atoms with Crippen molar-refractivity contribution in [1.29, 1.82) is 0 Å². The number of rotatable bonds is 0. The normalized spacial score (nSPS) is 22.9. The van der Waals surface area contributed by atoms with Crippen molar-refractivity contribution in [1.82, 2.24) is 10.2 Å². The van der Waals surface area contributed by atoms with E-state index in [4.69, 9.17) is 0 Å². The molecule has 0 aliphatic carbocycles. The lowest BCUT2D eigenvalue weighted by Crippen LogP contribution is -2.57. The van der Waals surface area contributed by atoms with Gasteiger partial charge in [-0.1, -0.05) is 15.9 Å². The molecule has 1 saturated heterocycles. The van der Waals surface area contributed by atoms with Crippen molar-refractivity contribution in [2.75, 3.05) is 25.0 Å². The minimum absolute atomic E-state index is 0.0869. The van der Waals surface area contributed by atoms with E-state index in [0.29, 0.717) is 24.3 Å². The number of carbonyl (C=O) groups excluding carboxylic acids is 2. The highest BCUT2D eigenvalue weighted by atomic mass is 79.9. The maximum absolute atomic E-state index is 12.5. The fourth-order valence-electron chi connectivity index (χ4n) is 2.35. The molecule has 0 aromatic heterocycles. The number of amides is 2. The number of benzene rings is 1. The van der Waals surface area contributed by atoms with Crippen molar-refractivity contribution < 1.29 is 9.59 Å². The van der Waals surface area contributed by atoms with Crippen LogP contribution in [0.15, 0.2) is 22.7 Å². The van der Waals surface area contributed by atoms with E-state index in [0.717, 1.165) is 11.0 Å². The molecule has 1 aromatic rings. The highest BCUT2D eigenvalue weighted by Gasteiger charge is 2.36. The monoisotopic (exact) mass is 309 g/mol. The summed E-state index contributed by atoms with van der Waals surface area (Å²) in [4.78, 5) is 26.2. The first-order valence-corrected chi connectivity index (χ1v) is 6.58. The van der Waals surface area contributed by atoms with E-state index < -0.39 is 6.04 Å². The van der Waals surface area contributed by atoms with E-state index >= 15 is 0 Å². The minimum atomic E-state index is -0.419. The number of piperazine rings is 1. The summed E-state index contributed by atoms with van der Waals surface area (Å²) in [5.41, 5.74) is 1.13. The van der Waals surface area contributed by atoms with Gasteiger partial charge in [-0.15, -0.1) is 0 Å². The Labute approximate surface area is 113 Å². The topological polar surface area (TPSA) is 61.4 Å². The fourth-order valence-corrected chi connectivity index (χ4v) is 2.72. The number of nitrogens with one attached hydrogen (secondary N) is 2. The molecule has 1 aromatic carbocycles. The van der Waals surface area contributed by atoms with Gasteiger partial charge in [0.2, 0.25) is 5.91 Å². The Morgan fingerprint density at radius 3 is 3.00 bits per heavy atom. The van der Waals surface area contributed by atoms with Crippen LogP contribution in [-0.2, 0) is 4.79 Å². The molecule has 0 unspecified atom stereocenters. The summed E-state index contributed by atoms with van der Waals surface area (Å²) in [5.74, 6) is -0.215. The molecule has 2 heterocycles. The lowest BCUT2D eigenvalue weighted by molar-refractivity contribution is -0.120. The zero-order chi connectivity index (χ0) is 12.7. The Morgan fingerprint density at radius 2 is 2.17 bits per heavy atom. The Bertz CT molecular complexity index is 532. The molecule has 1 fully saturated rings. The van der Waals surface area contributed by atoms with Crippen LogP contribution in [0.25, 0.3) is 0 Å². The molecule has 3 rings (SSSR count). The van der Waals surface area contributed by atoms with Crippen molar-refractivity contribution in [3.63, 3.8) is 0 Å². The number of anilines is 1. The predicted molar refractivity (Wildman–Crippen MR) is 70.5 cm³/mol. The molecule has 0 spiro atoms. The standard InChI is InChI=1S/C12H12BrN3O2/c13-7-1-2-9-8(5-7)12(18)16-4-3-14-6-10(16)11(17)15-9/h1-2,5,10,14H,3-4,6H2,(H,15,17)/t10-/m1/s1. The van der Waals surface area contributed by atoms with Crippen molar-refractivity contribution >= 4 is 33.4 Å². The maximum atomic E-state index is 12.5. The lowest BCUT2D eigenvalue weighted by atomic mass is 10.1. The summed E-state index contributed by atoms with van der Waals surface area (Å²) >= 11 is 3.35. The molecule has 18 heavy (non-hydrogen) atoms. The smallest absolute Gasteiger partial charge is 0.256 e. The molecule has 2 amide bonds. The van der Waals surface area contributed by atoms with Gasteiger partial charge in [0.05, 0.1) is 11.3 Å². The molecule has 1 atom stereocenters. The average molecular weight is 310 g/mol. The number of fused-ring (bicyclic) bond motifs is 2. The van der Waals surface area contributed by atoms with Crippen molar-refractivity contribution in [3.05, 3.63) is 28.2 Å². The van der Waals surface area contributed by atoms with E-state index in [1.807, 2.05) is 6.07 Å². The summed E-state index contributed by atoms with van der Waals surface area (Å²) in [6.45, 7) is 1.79. The van der Waals surface area contributed by atoms with Crippen molar-refractivity contribution in [2.24, 2.45) is 0 Å². The largest absolute Gasteiger partial charge is 0.324 e. The van der Waals surface area contributed by atoms with Gasteiger partial charge in [0.15, 0.2) is 0 Å². The van der Waals surface area contributed by atoms with Crippen LogP contribution >= 0.6 is 15.9 Å².